The number of nitrogens with zero attached hydrogens (tertiary/aromatic N) is 3. The Bertz CT molecular complexity index is 579. The molecule has 0 saturated carbocycles. The molecular weight excluding hydrogens is 379 g/mol. The molecule has 14 heavy (non-hydrogen) atoms. The third-order valence-electron chi connectivity index (χ3n) is 2.03. The molecule has 0 aromatic carbocycles. The number of hydrogen-bond donors (Lipinski definition) is 1. The topological polar surface area (TPSA) is 72.7 Å². The molecule has 74 valence electrons. The van der Waals surface area contributed by atoms with E-state index < -0.39 is 0 Å². The van der Waals surface area contributed by atoms with Gasteiger partial charge in [0.2, 0.25) is 0 Å². The van der Waals surface area contributed by atoms with Gasteiger partial charge in [-0.1, -0.05) is 0 Å². The van der Waals surface area contributed by atoms with E-state index in [0.29, 0.717) is 11.2 Å². The Balaban J connectivity index is 0.000000980. The van der Waals surface area contributed by atoms with Crippen LogP contribution in [-0.2, 0) is 14.1 Å². The van der Waals surface area contributed by atoms with Crippen LogP contribution in [0.1, 0.15) is 0 Å². The number of aromatic nitrogens is 4. The Hall–Kier alpha value is -0.928. The standard InChI is InChI=1S/C7H8N4O2.Pb.2H/c1-10-5-4(8-3-9-5)6(12)11(2)7(10)13;;;/h3H,1-2H3,(H,8,9);;;. The maximum atomic E-state index is 11.4. The molecule has 2 radical (unpaired) electrons. The predicted molar refractivity (Wildman–Crippen MR) is 55.1 cm³/mol. The molecule has 2 rings (SSSR count). The van der Waals surface area contributed by atoms with Crippen molar-refractivity contribution in [3.63, 3.8) is 0 Å². The Morgan fingerprint density at radius 3 is 2.57 bits per heavy atom. The molecule has 0 aliphatic carbocycles. The third kappa shape index (κ3) is 1.33. The zero-order chi connectivity index (χ0) is 9.59. The van der Waals surface area contributed by atoms with Gasteiger partial charge in [-0.05, 0) is 0 Å². The normalized spacial score (nSPS) is 10.1. The molecule has 0 bridgehead atoms. The van der Waals surface area contributed by atoms with Crippen LogP contribution in [0, 0.1) is 0 Å². The summed E-state index contributed by atoms with van der Waals surface area (Å²) in [6, 6.07) is 0. The van der Waals surface area contributed by atoms with Crippen LogP contribution in [0.3, 0.4) is 0 Å². The van der Waals surface area contributed by atoms with Gasteiger partial charge < -0.3 is 4.98 Å². The Labute approximate surface area is 98.7 Å². The third-order valence-corrected chi connectivity index (χ3v) is 2.03. The number of aromatic amines is 1. The molecule has 2 aromatic heterocycles. The van der Waals surface area contributed by atoms with Gasteiger partial charge in [0.1, 0.15) is 5.52 Å². The first-order chi connectivity index (χ1) is 6.13. The average molecular weight is 389 g/mol. The molecule has 0 spiro atoms. The van der Waals surface area contributed by atoms with Crippen molar-refractivity contribution in [2.45, 2.75) is 0 Å². The average Bonchev–Trinajstić information content (AvgIpc) is 2.59. The van der Waals surface area contributed by atoms with E-state index in [4.69, 9.17) is 0 Å². The molecule has 2 heterocycles. The summed E-state index contributed by atoms with van der Waals surface area (Å²) in [5, 5.41) is 0. The van der Waals surface area contributed by atoms with Crippen molar-refractivity contribution in [2.24, 2.45) is 14.1 Å². The summed E-state index contributed by atoms with van der Waals surface area (Å²) in [6.07, 6.45) is 1.39. The molecule has 0 atom stereocenters. The number of rotatable bonds is 0. The minimum absolute atomic E-state index is 0. The van der Waals surface area contributed by atoms with Crippen molar-refractivity contribution < 1.29 is 0 Å². The molecule has 0 saturated heterocycles. The van der Waals surface area contributed by atoms with Crippen molar-refractivity contribution in [1.82, 2.24) is 19.1 Å². The summed E-state index contributed by atoms with van der Waals surface area (Å²) >= 11 is 0. The molecule has 0 aliphatic heterocycles. The van der Waals surface area contributed by atoms with Crippen LogP contribution < -0.4 is 11.2 Å². The Kier molecular flexibility index (Phi) is 2.93. The van der Waals surface area contributed by atoms with Gasteiger partial charge in [0, 0.05) is 14.1 Å². The monoisotopic (exact) mass is 390 g/mol. The maximum absolute atomic E-state index is 11.4. The van der Waals surface area contributed by atoms with E-state index in [9.17, 15) is 9.59 Å². The van der Waals surface area contributed by atoms with Crippen LogP contribution in [0.5, 0.6) is 0 Å². The summed E-state index contributed by atoms with van der Waals surface area (Å²) < 4.78 is 2.37. The van der Waals surface area contributed by atoms with Crippen molar-refractivity contribution in [1.29, 1.82) is 0 Å². The SMILES string of the molecule is Cn1c(=O)c2[nH]cnc2n(C)c1=O.[PbH2]. The number of H-pyrrole nitrogens is 1. The summed E-state index contributed by atoms with van der Waals surface area (Å²) in [5.74, 6) is 0. The van der Waals surface area contributed by atoms with Gasteiger partial charge in [-0.2, -0.15) is 0 Å². The van der Waals surface area contributed by atoms with Gasteiger partial charge in [0.15, 0.2) is 5.65 Å². The molecule has 7 heteroatoms. The first kappa shape index (κ1) is 11.1. The summed E-state index contributed by atoms with van der Waals surface area (Å²) in [7, 11) is 3.01. The van der Waals surface area contributed by atoms with Crippen LogP contribution in [0.4, 0.5) is 0 Å². The molecule has 2 aromatic rings. The fraction of sp³-hybridized carbons (Fsp3) is 0.286. The molecule has 1 N–H and O–H groups in total. The fourth-order valence-corrected chi connectivity index (χ4v) is 1.27. The number of imidazole rings is 1. The number of aryl methyl sites for hydroxylation is 1. The van der Waals surface area contributed by atoms with Crippen LogP contribution in [0.2, 0.25) is 0 Å². The summed E-state index contributed by atoms with van der Waals surface area (Å²) in [6.45, 7) is 0. The molecule has 0 amide bonds. The van der Waals surface area contributed by atoms with Crippen molar-refractivity contribution in [3.8, 4) is 0 Å². The summed E-state index contributed by atoms with van der Waals surface area (Å²) in [5.41, 5.74) is 0.0119. The zero-order valence-electron chi connectivity index (χ0n) is 7.94. The van der Waals surface area contributed by atoms with E-state index in [-0.39, 0.29) is 38.5 Å². The van der Waals surface area contributed by atoms with Gasteiger partial charge >= 0.3 is 33.0 Å². The molecule has 6 nitrogen and oxygen atoms in total. The van der Waals surface area contributed by atoms with Gasteiger partial charge in [-0.3, -0.25) is 13.9 Å². The van der Waals surface area contributed by atoms with Crippen LogP contribution in [0.25, 0.3) is 11.2 Å². The second-order valence-electron chi connectivity index (χ2n) is 2.81. The van der Waals surface area contributed by atoms with Crippen molar-refractivity contribution in [3.05, 3.63) is 27.2 Å². The Morgan fingerprint density at radius 2 is 1.93 bits per heavy atom. The number of fused-ring (bicyclic) bond motifs is 1. The van der Waals surface area contributed by atoms with Crippen molar-refractivity contribution >= 4 is 38.5 Å². The van der Waals surface area contributed by atoms with E-state index in [0.717, 1.165) is 4.57 Å². The zero-order valence-corrected chi connectivity index (χ0v) is 13.4. The summed E-state index contributed by atoms with van der Waals surface area (Å²) in [4.78, 5) is 29.4. The molecule has 0 aliphatic rings. The molecule has 0 fully saturated rings. The minimum atomic E-state index is -0.371. The Morgan fingerprint density at radius 1 is 1.29 bits per heavy atom. The van der Waals surface area contributed by atoms with Crippen LogP contribution in [-0.4, -0.2) is 46.4 Å². The van der Waals surface area contributed by atoms with Gasteiger partial charge in [-0.25, -0.2) is 9.78 Å². The second-order valence-corrected chi connectivity index (χ2v) is 2.81. The van der Waals surface area contributed by atoms with E-state index in [1.807, 2.05) is 0 Å². The van der Waals surface area contributed by atoms with Gasteiger partial charge in [-0.15, -0.1) is 0 Å². The molecule has 0 unspecified atom stereocenters. The number of nitrogens with one attached hydrogen (secondary N) is 1. The first-order valence-electron chi connectivity index (χ1n) is 3.72. The number of hydrogen-bond acceptors (Lipinski definition) is 3. The fourth-order valence-electron chi connectivity index (χ4n) is 1.27. The van der Waals surface area contributed by atoms with E-state index in [2.05, 4.69) is 9.97 Å². The quantitative estimate of drug-likeness (QED) is 0.532. The predicted octanol–water partition coefficient (Wildman–Crippen LogP) is -1.96. The molecular formula is C7H10N4O2Pb. The van der Waals surface area contributed by atoms with Gasteiger partial charge in [0.05, 0.1) is 6.33 Å². The van der Waals surface area contributed by atoms with E-state index >= 15 is 0 Å². The van der Waals surface area contributed by atoms with E-state index in [1.54, 1.807) is 7.05 Å². The second kappa shape index (κ2) is 3.67. The van der Waals surface area contributed by atoms with Gasteiger partial charge in [0.25, 0.3) is 5.56 Å². The van der Waals surface area contributed by atoms with Crippen LogP contribution in [0.15, 0.2) is 15.9 Å². The van der Waals surface area contributed by atoms with Crippen LogP contribution >= 0.6 is 0 Å². The first-order valence-corrected chi connectivity index (χ1v) is 3.72. The van der Waals surface area contributed by atoms with E-state index in [1.165, 1.54) is 17.9 Å². The van der Waals surface area contributed by atoms with Crippen molar-refractivity contribution in [2.75, 3.05) is 0 Å².